The molecule has 0 aliphatic carbocycles. The second-order valence-corrected chi connectivity index (χ2v) is 6.20. The fourth-order valence-corrected chi connectivity index (χ4v) is 3.15. The molecule has 3 rings (SSSR count). The molecule has 7 nitrogen and oxygen atoms in total. The Bertz CT molecular complexity index is 828. The average Bonchev–Trinajstić information content (AvgIpc) is 2.82. The fourth-order valence-electron chi connectivity index (χ4n) is 2.18. The molecule has 0 unspecified atom stereocenters. The molecule has 9 heteroatoms. The van der Waals surface area contributed by atoms with Gasteiger partial charge in [-0.15, -0.1) is 0 Å². The maximum Gasteiger partial charge on any atom is 0.228 e. The summed E-state index contributed by atoms with van der Waals surface area (Å²) in [6.07, 6.45) is 6.40. The summed E-state index contributed by atoms with van der Waals surface area (Å²) in [7, 11) is 1.56. The molecule has 25 heavy (non-hydrogen) atoms. The summed E-state index contributed by atoms with van der Waals surface area (Å²) in [5, 5.41) is 0.529. The van der Waals surface area contributed by atoms with Crippen LogP contribution in [0.5, 0.6) is 11.8 Å². The number of rotatable bonds is 5. The molecule has 0 radical (unpaired) electrons. The first-order valence-electron chi connectivity index (χ1n) is 7.39. The molecule has 0 amide bonds. The molecule has 0 aromatic carbocycles. The third-order valence-electron chi connectivity index (χ3n) is 3.25. The first kappa shape index (κ1) is 17.4. The van der Waals surface area contributed by atoms with Gasteiger partial charge < -0.3 is 19.9 Å². The van der Waals surface area contributed by atoms with E-state index in [1.807, 2.05) is 6.07 Å². The summed E-state index contributed by atoms with van der Waals surface area (Å²) in [5.74, 6) is 1.02. The van der Waals surface area contributed by atoms with Crippen LogP contribution in [-0.4, -0.2) is 35.9 Å². The quantitative estimate of drug-likeness (QED) is 0.773. The number of fused-ring (bicyclic) bond motifs is 1. The lowest BCUT2D eigenvalue weighted by molar-refractivity contribution is 0.318. The number of halogens is 1. The number of pyridine rings is 2. The SMILES string of the molecule is COc1ncc(Cl)cc1SNc1cnc2c(c1)C(C=CN)=NCCO2. The molecular formula is C16H16ClN5O2S. The van der Waals surface area contributed by atoms with E-state index in [2.05, 4.69) is 19.7 Å². The zero-order valence-corrected chi connectivity index (χ0v) is 15.0. The first-order chi connectivity index (χ1) is 12.2. The van der Waals surface area contributed by atoms with Crippen molar-refractivity contribution in [3.8, 4) is 11.8 Å². The van der Waals surface area contributed by atoms with Gasteiger partial charge in [-0.3, -0.25) is 4.99 Å². The van der Waals surface area contributed by atoms with Crippen LogP contribution in [0, 0.1) is 0 Å². The van der Waals surface area contributed by atoms with Gasteiger partial charge in [0.15, 0.2) is 0 Å². The molecule has 2 aromatic rings. The van der Waals surface area contributed by atoms with Gasteiger partial charge in [0.1, 0.15) is 6.61 Å². The Morgan fingerprint density at radius 3 is 3.04 bits per heavy atom. The third kappa shape index (κ3) is 4.15. The number of nitrogens with one attached hydrogen (secondary N) is 1. The van der Waals surface area contributed by atoms with Crippen molar-refractivity contribution in [1.29, 1.82) is 0 Å². The highest BCUT2D eigenvalue weighted by Gasteiger charge is 2.15. The van der Waals surface area contributed by atoms with Crippen LogP contribution in [-0.2, 0) is 0 Å². The van der Waals surface area contributed by atoms with Gasteiger partial charge in [-0.05, 0) is 36.4 Å². The van der Waals surface area contributed by atoms with Crippen LogP contribution in [0.25, 0.3) is 0 Å². The second-order valence-electron chi connectivity index (χ2n) is 4.92. The Balaban J connectivity index is 1.84. The Hall–Kier alpha value is -2.45. The molecule has 0 bridgehead atoms. The summed E-state index contributed by atoms with van der Waals surface area (Å²) < 4.78 is 14.1. The summed E-state index contributed by atoms with van der Waals surface area (Å²) in [5.41, 5.74) is 7.80. The molecule has 2 aromatic heterocycles. The van der Waals surface area contributed by atoms with E-state index in [-0.39, 0.29) is 0 Å². The van der Waals surface area contributed by atoms with E-state index in [1.165, 1.54) is 24.3 Å². The van der Waals surface area contributed by atoms with Crippen LogP contribution < -0.4 is 19.9 Å². The average molecular weight is 378 g/mol. The predicted molar refractivity (Wildman–Crippen MR) is 99.7 cm³/mol. The van der Waals surface area contributed by atoms with Gasteiger partial charge in [0.2, 0.25) is 11.8 Å². The van der Waals surface area contributed by atoms with Crippen LogP contribution in [0.1, 0.15) is 5.56 Å². The normalized spacial score (nSPS) is 13.6. The van der Waals surface area contributed by atoms with Gasteiger partial charge in [-0.1, -0.05) is 11.6 Å². The minimum Gasteiger partial charge on any atom is -0.480 e. The molecule has 3 heterocycles. The van der Waals surface area contributed by atoms with Crippen LogP contribution >= 0.6 is 23.5 Å². The maximum absolute atomic E-state index is 6.00. The maximum atomic E-state index is 6.00. The minimum atomic E-state index is 0.481. The summed E-state index contributed by atoms with van der Waals surface area (Å²) in [6, 6.07) is 3.68. The van der Waals surface area contributed by atoms with Crippen LogP contribution in [0.3, 0.4) is 0 Å². The zero-order chi connectivity index (χ0) is 17.6. The molecule has 1 aliphatic rings. The molecule has 130 valence electrons. The molecule has 1 aliphatic heterocycles. The van der Waals surface area contributed by atoms with Crippen molar-refractivity contribution in [2.24, 2.45) is 10.7 Å². The number of hydrogen-bond acceptors (Lipinski definition) is 8. The lowest BCUT2D eigenvalue weighted by Crippen LogP contribution is -2.03. The molecule has 0 atom stereocenters. The molecular weight excluding hydrogens is 362 g/mol. The smallest absolute Gasteiger partial charge is 0.228 e. The Kier molecular flexibility index (Phi) is 5.62. The van der Waals surface area contributed by atoms with E-state index in [0.717, 1.165) is 21.9 Å². The van der Waals surface area contributed by atoms with Crippen molar-refractivity contribution in [3.05, 3.63) is 47.4 Å². The molecule has 0 spiro atoms. The van der Waals surface area contributed by atoms with Crippen LogP contribution in [0.2, 0.25) is 5.02 Å². The highest BCUT2D eigenvalue weighted by molar-refractivity contribution is 8.00. The number of methoxy groups -OCH3 is 1. The standard InChI is InChI=1S/C16H16ClN5O2S/c1-23-16-14(6-10(17)8-20-16)25-22-11-7-12-13(2-3-18)19-4-5-24-15(12)21-9-11/h2-3,6-9,22H,4-5,18H2,1H3. The van der Waals surface area contributed by atoms with Crippen LogP contribution in [0.15, 0.2) is 46.7 Å². The Morgan fingerprint density at radius 2 is 2.24 bits per heavy atom. The minimum absolute atomic E-state index is 0.481. The highest BCUT2D eigenvalue weighted by Crippen LogP contribution is 2.31. The number of aliphatic imine (C=N–C) groups is 1. The second kappa shape index (κ2) is 8.09. The summed E-state index contributed by atoms with van der Waals surface area (Å²) in [4.78, 5) is 13.7. The topological polar surface area (TPSA) is 94.7 Å². The molecule has 0 fully saturated rings. The van der Waals surface area contributed by atoms with Gasteiger partial charge in [0.05, 0.1) is 46.7 Å². The fraction of sp³-hybridized carbons (Fsp3) is 0.188. The van der Waals surface area contributed by atoms with Crippen LogP contribution in [0.4, 0.5) is 5.69 Å². The summed E-state index contributed by atoms with van der Waals surface area (Å²) >= 11 is 7.32. The van der Waals surface area contributed by atoms with Crippen molar-refractivity contribution >= 4 is 34.9 Å². The lowest BCUT2D eigenvalue weighted by Gasteiger charge is -2.11. The number of nitrogens with zero attached hydrogens (tertiary/aromatic N) is 3. The third-order valence-corrected chi connectivity index (χ3v) is 4.31. The lowest BCUT2D eigenvalue weighted by atomic mass is 10.1. The molecule has 3 N–H and O–H groups in total. The van der Waals surface area contributed by atoms with Crippen molar-refractivity contribution in [2.75, 3.05) is 25.0 Å². The number of allylic oxidation sites excluding steroid dienone is 1. The van der Waals surface area contributed by atoms with E-state index < -0.39 is 0 Å². The monoisotopic (exact) mass is 377 g/mol. The van der Waals surface area contributed by atoms with E-state index in [4.69, 9.17) is 26.8 Å². The first-order valence-corrected chi connectivity index (χ1v) is 8.59. The number of ether oxygens (including phenoxy) is 2. The summed E-state index contributed by atoms with van der Waals surface area (Å²) in [6.45, 7) is 1.04. The predicted octanol–water partition coefficient (Wildman–Crippen LogP) is 2.91. The highest BCUT2D eigenvalue weighted by atomic mass is 35.5. The van der Waals surface area contributed by atoms with E-state index in [9.17, 15) is 0 Å². The van der Waals surface area contributed by atoms with E-state index in [0.29, 0.717) is 29.9 Å². The van der Waals surface area contributed by atoms with Crippen molar-refractivity contribution < 1.29 is 9.47 Å². The van der Waals surface area contributed by atoms with Gasteiger partial charge in [-0.25, -0.2) is 9.97 Å². The number of hydrogen-bond donors (Lipinski definition) is 2. The zero-order valence-electron chi connectivity index (χ0n) is 13.4. The Morgan fingerprint density at radius 1 is 1.36 bits per heavy atom. The van der Waals surface area contributed by atoms with Crippen molar-refractivity contribution in [2.45, 2.75) is 4.90 Å². The van der Waals surface area contributed by atoms with Crippen molar-refractivity contribution in [1.82, 2.24) is 9.97 Å². The molecule has 0 saturated heterocycles. The molecule has 0 saturated carbocycles. The Labute approximate surface area is 154 Å². The number of aromatic nitrogens is 2. The van der Waals surface area contributed by atoms with Gasteiger partial charge in [0, 0.05) is 6.20 Å². The number of nitrogens with two attached hydrogens (primary N) is 1. The van der Waals surface area contributed by atoms with E-state index in [1.54, 1.807) is 25.4 Å². The van der Waals surface area contributed by atoms with E-state index >= 15 is 0 Å². The van der Waals surface area contributed by atoms with Crippen molar-refractivity contribution in [3.63, 3.8) is 0 Å². The van der Waals surface area contributed by atoms with Gasteiger partial charge >= 0.3 is 0 Å². The van der Waals surface area contributed by atoms with Gasteiger partial charge in [0.25, 0.3) is 0 Å². The largest absolute Gasteiger partial charge is 0.480 e. The number of anilines is 1. The van der Waals surface area contributed by atoms with Gasteiger partial charge in [-0.2, -0.15) is 0 Å².